The summed E-state index contributed by atoms with van der Waals surface area (Å²) in [5.41, 5.74) is 0.865. The molecule has 0 aromatic carbocycles. The summed E-state index contributed by atoms with van der Waals surface area (Å²) in [4.78, 5) is 14.5. The lowest BCUT2D eigenvalue weighted by Crippen LogP contribution is -2.42. The van der Waals surface area contributed by atoms with Crippen LogP contribution in [-0.4, -0.2) is 36.0 Å². The van der Waals surface area contributed by atoms with E-state index >= 15 is 0 Å². The molecular weight excluding hydrogens is 256 g/mol. The molecule has 3 heterocycles. The van der Waals surface area contributed by atoms with Crippen molar-refractivity contribution in [2.24, 2.45) is 0 Å². The van der Waals surface area contributed by atoms with Gasteiger partial charge in [-0.15, -0.1) is 12.4 Å². The molecule has 0 saturated carbocycles. The van der Waals surface area contributed by atoms with Gasteiger partial charge in [0.15, 0.2) is 0 Å². The topological polar surface area (TPSA) is 32.3 Å². The van der Waals surface area contributed by atoms with Crippen molar-refractivity contribution >= 4 is 29.7 Å². The number of fused-ring (bicyclic) bond motifs is 2. The fourth-order valence-corrected chi connectivity index (χ4v) is 3.48. The smallest absolute Gasteiger partial charge is 0.255 e. The van der Waals surface area contributed by atoms with Crippen LogP contribution in [0.25, 0.3) is 0 Å². The third kappa shape index (κ3) is 2.34. The first-order valence-corrected chi connectivity index (χ1v) is 6.86. The predicted molar refractivity (Wildman–Crippen MR) is 72.0 cm³/mol. The second-order valence-electron chi connectivity index (χ2n) is 4.60. The second-order valence-corrected chi connectivity index (χ2v) is 5.38. The number of nitrogens with one attached hydrogen (secondary N) is 1. The second kappa shape index (κ2) is 5.38. The van der Waals surface area contributed by atoms with Gasteiger partial charge < -0.3 is 10.2 Å². The number of rotatable bonds is 1. The third-order valence-electron chi connectivity index (χ3n) is 3.66. The number of carbonyl (C=O) groups excluding carboxylic acids is 1. The van der Waals surface area contributed by atoms with Gasteiger partial charge in [-0.3, -0.25) is 4.79 Å². The highest BCUT2D eigenvalue weighted by molar-refractivity contribution is 7.08. The molecular formula is C12H17ClN2OS. The van der Waals surface area contributed by atoms with Gasteiger partial charge in [-0.25, -0.2) is 0 Å². The van der Waals surface area contributed by atoms with E-state index in [4.69, 9.17) is 0 Å². The largest absolute Gasteiger partial charge is 0.331 e. The minimum atomic E-state index is 0. The molecule has 2 bridgehead atoms. The Labute approximate surface area is 112 Å². The van der Waals surface area contributed by atoms with Crippen LogP contribution in [0.1, 0.15) is 29.6 Å². The highest BCUT2D eigenvalue weighted by Crippen LogP contribution is 2.29. The highest BCUT2D eigenvalue weighted by atomic mass is 35.5. The van der Waals surface area contributed by atoms with Crippen molar-refractivity contribution in [2.75, 3.05) is 13.1 Å². The van der Waals surface area contributed by atoms with E-state index in [1.54, 1.807) is 11.3 Å². The number of hydrogen-bond donors (Lipinski definition) is 1. The summed E-state index contributed by atoms with van der Waals surface area (Å²) in [7, 11) is 0. The van der Waals surface area contributed by atoms with E-state index in [9.17, 15) is 4.79 Å². The SMILES string of the molecule is Cl.O=C(c1ccsc1)N1C2CCNCC1CC2. The summed E-state index contributed by atoms with van der Waals surface area (Å²) >= 11 is 1.60. The van der Waals surface area contributed by atoms with Gasteiger partial charge in [0.1, 0.15) is 0 Å². The Morgan fingerprint density at radius 1 is 1.35 bits per heavy atom. The molecule has 2 aliphatic heterocycles. The standard InChI is InChI=1S/C12H16N2OS.ClH/c15-12(9-4-6-16-8-9)14-10-1-2-11(14)7-13-5-3-10;/h4,6,8,10-11,13H,1-3,5,7H2;1H. The van der Waals surface area contributed by atoms with Gasteiger partial charge in [0, 0.05) is 24.0 Å². The Bertz CT molecular complexity index is 368. The van der Waals surface area contributed by atoms with E-state index in [0.717, 1.165) is 31.5 Å². The molecule has 2 atom stereocenters. The summed E-state index contributed by atoms with van der Waals surface area (Å²) in [5, 5.41) is 7.35. The monoisotopic (exact) mass is 272 g/mol. The molecule has 2 fully saturated rings. The Kier molecular flexibility index (Phi) is 4.07. The minimum absolute atomic E-state index is 0. The van der Waals surface area contributed by atoms with Crippen molar-refractivity contribution in [1.82, 2.24) is 10.2 Å². The fraction of sp³-hybridized carbons (Fsp3) is 0.583. The molecule has 1 aromatic heterocycles. The first-order valence-electron chi connectivity index (χ1n) is 5.92. The van der Waals surface area contributed by atoms with Crippen LogP contribution in [0, 0.1) is 0 Å². The first kappa shape index (κ1) is 12.9. The lowest BCUT2D eigenvalue weighted by molar-refractivity contribution is 0.0681. The van der Waals surface area contributed by atoms with Gasteiger partial charge in [0.05, 0.1) is 5.56 Å². The Morgan fingerprint density at radius 2 is 2.18 bits per heavy atom. The van der Waals surface area contributed by atoms with E-state index in [2.05, 4.69) is 10.2 Å². The molecule has 3 nitrogen and oxygen atoms in total. The van der Waals surface area contributed by atoms with Gasteiger partial charge in [0.25, 0.3) is 5.91 Å². The Hall–Kier alpha value is -0.580. The average Bonchev–Trinajstić information content (AvgIpc) is 2.84. The van der Waals surface area contributed by atoms with Crippen LogP contribution in [0.4, 0.5) is 0 Å². The molecule has 0 radical (unpaired) electrons. The van der Waals surface area contributed by atoms with Crippen LogP contribution < -0.4 is 5.32 Å². The maximum atomic E-state index is 12.4. The lowest BCUT2D eigenvalue weighted by atomic mass is 10.1. The highest BCUT2D eigenvalue weighted by Gasteiger charge is 2.38. The van der Waals surface area contributed by atoms with E-state index in [1.165, 1.54) is 6.42 Å². The predicted octanol–water partition coefficient (Wildman–Crippen LogP) is 2.14. The van der Waals surface area contributed by atoms with Crippen molar-refractivity contribution < 1.29 is 4.79 Å². The van der Waals surface area contributed by atoms with Crippen LogP contribution in [-0.2, 0) is 0 Å². The van der Waals surface area contributed by atoms with Gasteiger partial charge in [-0.05, 0) is 37.3 Å². The van der Waals surface area contributed by atoms with Crippen LogP contribution in [0.5, 0.6) is 0 Å². The van der Waals surface area contributed by atoms with Crippen molar-refractivity contribution in [3.05, 3.63) is 22.4 Å². The molecule has 3 rings (SSSR count). The fourth-order valence-electron chi connectivity index (χ4n) is 2.85. The first-order chi connectivity index (χ1) is 7.86. The molecule has 17 heavy (non-hydrogen) atoms. The molecule has 2 unspecified atom stereocenters. The summed E-state index contributed by atoms with van der Waals surface area (Å²) < 4.78 is 0. The van der Waals surface area contributed by atoms with E-state index in [0.29, 0.717) is 12.1 Å². The van der Waals surface area contributed by atoms with Gasteiger partial charge in [-0.1, -0.05) is 0 Å². The van der Waals surface area contributed by atoms with Crippen molar-refractivity contribution in [3.8, 4) is 0 Å². The van der Waals surface area contributed by atoms with Gasteiger partial charge in [0.2, 0.25) is 0 Å². The zero-order valence-electron chi connectivity index (χ0n) is 9.59. The Morgan fingerprint density at radius 3 is 2.94 bits per heavy atom. The van der Waals surface area contributed by atoms with Gasteiger partial charge in [-0.2, -0.15) is 11.3 Å². The van der Waals surface area contributed by atoms with E-state index < -0.39 is 0 Å². The molecule has 2 saturated heterocycles. The van der Waals surface area contributed by atoms with Crippen molar-refractivity contribution in [3.63, 3.8) is 0 Å². The number of amides is 1. The minimum Gasteiger partial charge on any atom is -0.331 e. The molecule has 0 spiro atoms. The number of hydrogen-bond acceptors (Lipinski definition) is 3. The van der Waals surface area contributed by atoms with Crippen LogP contribution in [0.3, 0.4) is 0 Å². The van der Waals surface area contributed by atoms with E-state index in [1.807, 2.05) is 16.8 Å². The number of carbonyl (C=O) groups is 1. The van der Waals surface area contributed by atoms with E-state index in [-0.39, 0.29) is 18.3 Å². The molecule has 1 N–H and O–H groups in total. The third-order valence-corrected chi connectivity index (χ3v) is 4.34. The molecule has 94 valence electrons. The number of nitrogens with zero attached hydrogens (tertiary/aromatic N) is 1. The molecule has 1 aromatic rings. The molecule has 0 aliphatic carbocycles. The van der Waals surface area contributed by atoms with Crippen LogP contribution in [0.15, 0.2) is 16.8 Å². The molecule has 1 amide bonds. The molecule has 2 aliphatic rings. The normalized spacial score (nSPS) is 27.4. The summed E-state index contributed by atoms with van der Waals surface area (Å²) in [6.07, 6.45) is 3.45. The van der Waals surface area contributed by atoms with Gasteiger partial charge >= 0.3 is 0 Å². The number of halogens is 1. The zero-order valence-corrected chi connectivity index (χ0v) is 11.2. The van der Waals surface area contributed by atoms with Crippen LogP contribution in [0.2, 0.25) is 0 Å². The summed E-state index contributed by atoms with van der Waals surface area (Å²) in [6, 6.07) is 2.82. The maximum absolute atomic E-state index is 12.4. The zero-order chi connectivity index (χ0) is 11.0. The van der Waals surface area contributed by atoms with Crippen molar-refractivity contribution in [1.29, 1.82) is 0 Å². The number of thiophene rings is 1. The van der Waals surface area contributed by atoms with Crippen molar-refractivity contribution in [2.45, 2.75) is 31.3 Å². The summed E-state index contributed by atoms with van der Waals surface area (Å²) in [6.45, 7) is 2.01. The average molecular weight is 273 g/mol. The van der Waals surface area contributed by atoms with Crippen LogP contribution >= 0.6 is 23.7 Å². The maximum Gasteiger partial charge on any atom is 0.255 e. The Balaban J connectivity index is 0.00000108. The lowest BCUT2D eigenvalue weighted by Gasteiger charge is -2.27. The summed E-state index contributed by atoms with van der Waals surface area (Å²) in [5.74, 6) is 0.234. The molecule has 5 heteroatoms. The quantitative estimate of drug-likeness (QED) is 0.850.